The van der Waals surface area contributed by atoms with Crippen molar-refractivity contribution in [1.29, 1.82) is 0 Å². The smallest absolute Gasteiger partial charge is 0.405 e. The molecule has 1 aliphatic heterocycles. The average Bonchev–Trinajstić information content (AvgIpc) is 3.32. The Morgan fingerprint density at radius 2 is 1.86 bits per heavy atom. The van der Waals surface area contributed by atoms with Crippen molar-refractivity contribution in [2.24, 2.45) is 17.1 Å². The minimum Gasteiger partial charge on any atom is -0.436 e. The van der Waals surface area contributed by atoms with Gasteiger partial charge in [-0.25, -0.2) is 4.79 Å². The monoisotopic (exact) mass is 410 g/mol. The summed E-state index contributed by atoms with van der Waals surface area (Å²) in [6.07, 6.45) is -0.0479. The maximum Gasteiger partial charge on any atom is 0.405 e. The topological polar surface area (TPSA) is 157 Å². The van der Waals surface area contributed by atoms with Gasteiger partial charge in [0.1, 0.15) is 0 Å². The lowest BCUT2D eigenvalue weighted by Crippen LogP contribution is -2.52. The number of hydrogen-bond donors (Lipinski definition) is 4. The number of amides is 4. The molecule has 4 amide bonds. The van der Waals surface area contributed by atoms with E-state index in [0.29, 0.717) is 13.0 Å². The highest BCUT2D eigenvalue weighted by atomic mass is 16.6. The second-order valence-electron chi connectivity index (χ2n) is 8.88. The Hall–Kier alpha value is -2.65. The van der Waals surface area contributed by atoms with Crippen molar-refractivity contribution in [3.8, 4) is 0 Å². The molecule has 2 rings (SSSR count). The van der Waals surface area contributed by atoms with Crippen LogP contribution in [0.3, 0.4) is 0 Å². The van der Waals surface area contributed by atoms with Crippen LogP contribution in [0.4, 0.5) is 4.79 Å². The Kier molecular flexibility index (Phi) is 7.21. The lowest BCUT2D eigenvalue weighted by Gasteiger charge is -2.27. The number of hydrogen-bond acceptors (Lipinski definition) is 6. The minimum absolute atomic E-state index is 0.00664. The van der Waals surface area contributed by atoms with Gasteiger partial charge in [-0.3, -0.25) is 19.2 Å². The first-order valence-electron chi connectivity index (χ1n) is 9.85. The van der Waals surface area contributed by atoms with Crippen LogP contribution in [0.1, 0.15) is 52.9 Å². The Labute approximate surface area is 169 Å². The van der Waals surface area contributed by atoms with Crippen LogP contribution in [-0.2, 0) is 23.9 Å². The van der Waals surface area contributed by atoms with Crippen molar-refractivity contribution >= 4 is 29.6 Å². The Morgan fingerprint density at radius 3 is 2.34 bits per heavy atom. The number of Topliss-reactive ketones (excluding diaryl/α,β-unsaturated/α-hetero) is 1. The number of nitrogens with two attached hydrogens (primary N) is 1. The van der Waals surface area contributed by atoms with Gasteiger partial charge < -0.3 is 26.4 Å². The second kappa shape index (κ2) is 9.23. The largest absolute Gasteiger partial charge is 0.436 e. The molecule has 0 aromatic rings. The molecule has 1 heterocycles. The zero-order valence-corrected chi connectivity index (χ0v) is 17.1. The van der Waals surface area contributed by atoms with Crippen LogP contribution in [0.25, 0.3) is 0 Å². The third-order valence-corrected chi connectivity index (χ3v) is 4.80. The molecule has 0 radical (unpaired) electrons. The molecule has 2 fully saturated rings. The molecule has 162 valence electrons. The molecule has 0 bridgehead atoms. The molecular weight excluding hydrogens is 380 g/mol. The fourth-order valence-electron chi connectivity index (χ4n) is 3.18. The first-order chi connectivity index (χ1) is 13.5. The third kappa shape index (κ3) is 7.35. The molecular formula is C19H30N4O6. The van der Waals surface area contributed by atoms with Gasteiger partial charge in [-0.2, -0.15) is 0 Å². The molecule has 1 saturated carbocycles. The lowest BCUT2D eigenvalue weighted by molar-refractivity contribution is -0.142. The summed E-state index contributed by atoms with van der Waals surface area (Å²) in [4.78, 5) is 60.8. The average molecular weight is 410 g/mol. The second-order valence-corrected chi connectivity index (χ2v) is 8.88. The van der Waals surface area contributed by atoms with Crippen LogP contribution in [0.5, 0.6) is 0 Å². The number of ketones is 1. The zero-order chi connectivity index (χ0) is 21.8. The minimum atomic E-state index is -1.22. The lowest BCUT2D eigenvalue weighted by atomic mass is 9.88. The van der Waals surface area contributed by atoms with E-state index in [9.17, 15) is 24.0 Å². The standard InChI is InChI=1S/C19H30N4O6/c1-19(2,3)9-13(29-18(20)28)16(26)23-12(8-10-6-7-21-15(10)25)14(24)17(27)22-11-4-5-11/h10-13H,4-9H2,1-3H3,(H2,20,28)(H,21,25)(H,22,27)(H,23,26)/t10?,12?,13-/m0/s1. The molecule has 1 saturated heterocycles. The summed E-state index contributed by atoms with van der Waals surface area (Å²) >= 11 is 0. The van der Waals surface area contributed by atoms with Crippen LogP contribution in [0.15, 0.2) is 0 Å². The van der Waals surface area contributed by atoms with E-state index >= 15 is 0 Å². The van der Waals surface area contributed by atoms with E-state index < -0.39 is 41.8 Å². The van der Waals surface area contributed by atoms with E-state index in [1.54, 1.807) is 0 Å². The van der Waals surface area contributed by atoms with Gasteiger partial charge in [0.25, 0.3) is 11.8 Å². The third-order valence-electron chi connectivity index (χ3n) is 4.80. The highest BCUT2D eigenvalue weighted by molar-refractivity contribution is 6.38. The Bertz CT molecular complexity index is 683. The Balaban J connectivity index is 2.13. The zero-order valence-electron chi connectivity index (χ0n) is 17.1. The van der Waals surface area contributed by atoms with Gasteiger partial charge in [-0.1, -0.05) is 20.8 Å². The van der Waals surface area contributed by atoms with Crippen LogP contribution in [0, 0.1) is 11.3 Å². The predicted molar refractivity (Wildman–Crippen MR) is 102 cm³/mol. The van der Waals surface area contributed by atoms with E-state index in [2.05, 4.69) is 16.0 Å². The summed E-state index contributed by atoms with van der Waals surface area (Å²) in [6, 6.07) is -1.22. The molecule has 0 aromatic carbocycles. The SMILES string of the molecule is CC(C)(C)C[C@H](OC(N)=O)C(=O)NC(CC1CCNC1=O)C(=O)C(=O)NC1CC1. The molecule has 3 atom stereocenters. The van der Waals surface area contributed by atoms with Gasteiger partial charge in [0.2, 0.25) is 11.7 Å². The van der Waals surface area contributed by atoms with E-state index in [1.165, 1.54) is 0 Å². The molecule has 29 heavy (non-hydrogen) atoms. The molecule has 10 heteroatoms. The van der Waals surface area contributed by atoms with Crippen molar-refractivity contribution in [1.82, 2.24) is 16.0 Å². The normalized spacial score (nSPS) is 20.9. The fourth-order valence-corrected chi connectivity index (χ4v) is 3.18. The van der Waals surface area contributed by atoms with Crippen molar-refractivity contribution in [3.63, 3.8) is 0 Å². The summed E-state index contributed by atoms with van der Waals surface area (Å²) in [7, 11) is 0. The predicted octanol–water partition coefficient (Wildman–Crippen LogP) is -0.255. The number of primary amides is 1. The number of nitrogens with one attached hydrogen (secondary N) is 3. The van der Waals surface area contributed by atoms with Gasteiger partial charge in [-0.05, 0) is 37.5 Å². The number of carbonyl (C=O) groups excluding carboxylic acids is 5. The van der Waals surface area contributed by atoms with Crippen molar-refractivity contribution < 1.29 is 28.7 Å². The van der Waals surface area contributed by atoms with Crippen LogP contribution in [-0.4, -0.2) is 54.3 Å². The molecule has 5 N–H and O–H groups in total. The molecule has 0 aromatic heterocycles. The van der Waals surface area contributed by atoms with Crippen LogP contribution in [0.2, 0.25) is 0 Å². The van der Waals surface area contributed by atoms with Gasteiger partial charge >= 0.3 is 6.09 Å². The number of ether oxygens (including phenoxy) is 1. The first kappa shape index (κ1) is 22.6. The summed E-state index contributed by atoms with van der Waals surface area (Å²) in [5, 5.41) is 7.77. The number of rotatable bonds is 9. The quantitative estimate of drug-likeness (QED) is 0.384. The van der Waals surface area contributed by atoms with Crippen molar-refractivity contribution in [2.45, 2.75) is 71.1 Å². The highest BCUT2D eigenvalue weighted by Gasteiger charge is 2.38. The first-order valence-corrected chi connectivity index (χ1v) is 9.85. The molecule has 2 unspecified atom stereocenters. The van der Waals surface area contributed by atoms with E-state index in [-0.39, 0.29) is 30.2 Å². The molecule has 1 aliphatic carbocycles. The number of carbonyl (C=O) groups is 5. The molecule has 10 nitrogen and oxygen atoms in total. The summed E-state index contributed by atoms with van der Waals surface area (Å²) < 4.78 is 4.93. The van der Waals surface area contributed by atoms with Gasteiger partial charge in [0.05, 0.1) is 6.04 Å². The molecule has 2 aliphatic rings. The molecule has 0 spiro atoms. The fraction of sp³-hybridized carbons (Fsp3) is 0.737. The summed E-state index contributed by atoms with van der Waals surface area (Å²) in [5.41, 5.74) is 4.71. The highest BCUT2D eigenvalue weighted by Crippen LogP contribution is 2.24. The van der Waals surface area contributed by atoms with Gasteiger partial charge in [-0.15, -0.1) is 0 Å². The van der Waals surface area contributed by atoms with Gasteiger partial charge in [0, 0.05) is 18.5 Å². The maximum absolute atomic E-state index is 12.8. The van der Waals surface area contributed by atoms with Crippen molar-refractivity contribution in [3.05, 3.63) is 0 Å². The van der Waals surface area contributed by atoms with E-state index in [1.807, 2.05) is 20.8 Å². The summed E-state index contributed by atoms with van der Waals surface area (Å²) in [6.45, 7) is 6.04. The van der Waals surface area contributed by atoms with Crippen LogP contribution >= 0.6 is 0 Å². The van der Waals surface area contributed by atoms with E-state index in [4.69, 9.17) is 10.5 Å². The van der Waals surface area contributed by atoms with E-state index in [0.717, 1.165) is 12.8 Å². The Morgan fingerprint density at radius 1 is 1.21 bits per heavy atom. The van der Waals surface area contributed by atoms with Crippen molar-refractivity contribution in [2.75, 3.05) is 6.54 Å². The van der Waals surface area contributed by atoms with Gasteiger partial charge in [0.15, 0.2) is 6.10 Å². The maximum atomic E-state index is 12.8. The van der Waals surface area contributed by atoms with Crippen LogP contribution < -0.4 is 21.7 Å². The summed E-state index contributed by atoms with van der Waals surface area (Å²) in [5.74, 6) is -3.05.